The molecular weight excluding hydrogens is 115 g/mol. The van der Waals surface area contributed by atoms with Crippen LogP contribution in [0.4, 0.5) is 0 Å². The lowest BCUT2D eigenvalue weighted by atomic mass is 10.5. The van der Waals surface area contributed by atoms with E-state index in [-0.39, 0.29) is 0 Å². The number of carboxylic acids is 1. The van der Waals surface area contributed by atoms with Gasteiger partial charge >= 0.3 is 5.97 Å². The molecule has 0 spiro atoms. The van der Waals surface area contributed by atoms with Gasteiger partial charge in [0.25, 0.3) is 0 Å². The minimum atomic E-state index is -1.15. The summed E-state index contributed by atoms with van der Waals surface area (Å²) in [4.78, 5) is 9.75. The molecule has 7 heavy (non-hydrogen) atoms. The van der Waals surface area contributed by atoms with Crippen molar-refractivity contribution < 1.29 is 14.5 Å². The number of hydrogen-bond acceptors (Lipinski definition) is 2. The molecule has 2 unspecified atom stereocenters. The highest BCUT2D eigenvalue weighted by molar-refractivity contribution is 7.26. The average molecular weight is 122 g/mol. The van der Waals surface area contributed by atoms with Crippen LogP contribution >= 0.6 is 8.46 Å². The Kier molecular flexibility index (Phi) is 2.68. The summed E-state index contributed by atoms with van der Waals surface area (Å²) in [5, 5.41) is 8.00. The third-order valence-corrected chi connectivity index (χ3v) is 1.29. The standard InChI is InChI=1S/C3H7O3P/c1-2(7-6)3(4)5/h2H,7H2,1H3,(H,4,5). The van der Waals surface area contributed by atoms with Crippen molar-refractivity contribution in [1.82, 2.24) is 0 Å². The Balaban J connectivity index is 3.55. The Bertz CT molecular complexity index is 90.2. The van der Waals surface area contributed by atoms with Crippen LogP contribution in [-0.2, 0) is 9.36 Å². The normalized spacial score (nSPS) is 15.0. The first-order chi connectivity index (χ1) is 3.18. The summed E-state index contributed by atoms with van der Waals surface area (Å²) < 4.78 is 9.77. The molecule has 3 nitrogen and oxygen atoms in total. The van der Waals surface area contributed by atoms with E-state index < -0.39 is 20.1 Å². The molecule has 42 valence electrons. The maximum Gasteiger partial charge on any atom is 0.313 e. The summed E-state index contributed by atoms with van der Waals surface area (Å²) >= 11 is 0. The smallest absolute Gasteiger partial charge is 0.313 e. The molecule has 0 rings (SSSR count). The summed E-state index contributed by atoms with van der Waals surface area (Å²) in [5.74, 6) is -0.981. The lowest BCUT2D eigenvalue weighted by Gasteiger charge is -1.89. The molecule has 0 aliphatic carbocycles. The predicted octanol–water partition coefficient (Wildman–Crippen LogP) is 0.216. The van der Waals surface area contributed by atoms with Gasteiger partial charge in [-0.3, -0.25) is 4.79 Å². The maximum absolute atomic E-state index is 9.77. The van der Waals surface area contributed by atoms with Crippen LogP contribution in [0, 0.1) is 0 Å². The van der Waals surface area contributed by atoms with E-state index >= 15 is 0 Å². The van der Waals surface area contributed by atoms with Gasteiger partial charge in [0.2, 0.25) is 0 Å². The van der Waals surface area contributed by atoms with E-state index in [4.69, 9.17) is 5.11 Å². The molecule has 0 saturated carbocycles. The summed E-state index contributed by atoms with van der Waals surface area (Å²) in [6.07, 6.45) is 0. The fraction of sp³-hybridized carbons (Fsp3) is 0.667. The van der Waals surface area contributed by atoms with Crippen LogP contribution in [0.15, 0.2) is 0 Å². The molecular formula is C3H7O3P. The second-order valence-electron chi connectivity index (χ2n) is 1.26. The first-order valence-corrected chi connectivity index (χ1v) is 3.00. The third-order valence-electron chi connectivity index (χ3n) is 0.594. The van der Waals surface area contributed by atoms with Gasteiger partial charge in [0.15, 0.2) is 0 Å². The average Bonchev–Trinajstić information content (AvgIpc) is 1.65. The summed E-state index contributed by atoms with van der Waals surface area (Å²) in [7, 11) is -1.15. The van der Waals surface area contributed by atoms with Gasteiger partial charge in [-0.15, -0.1) is 0 Å². The van der Waals surface area contributed by atoms with Gasteiger partial charge in [0.05, 0.1) is 8.46 Å². The van der Waals surface area contributed by atoms with Gasteiger partial charge in [-0.25, -0.2) is 0 Å². The van der Waals surface area contributed by atoms with Gasteiger partial charge in [-0.2, -0.15) is 0 Å². The number of rotatable bonds is 2. The van der Waals surface area contributed by atoms with E-state index in [2.05, 4.69) is 0 Å². The maximum atomic E-state index is 9.77. The molecule has 0 aliphatic rings. The third kappa shape index (κ3) is 2.40. The van der Waals surface area contributed by atoms with Crippen molar-refractivity contribution in [1.29, 1.82) is 0 Å². The molecule has 0 aromatic rings. The van der Waals surface area contributed by atoms with E-state index in [1.165, 1.54) is 6.92 Å². The zero-order chi connectivity index (χ0) is 5.86. The highest BCUT2D eigenvalue weighted by Gasteiger charge is 2.05. The van der Waals surface area contributed by atoms with Crippen molar-refractivity contribution in [3.05, 3.63) is 0 Å². The molecule has 0 aliphatic heterocycles. The highest BCUT2D eigenvalue weighted by atomic mass is 31.1. The first kappa shape index (κ1) is 6.70. The SMILES string of the molecule is CC([PH2]=O)C(=O)O. The van der Waals surface area contributed by atoms with Crippen LogP contribution < -0.4 is 0 Å². The van der Waals surface area contributed by atoms with Crippen LogP contribution in [0.1, 0.15) is 6.92 Å². The lowest BCUT2D eigenvalue weighted by molar-refractivity contribution is -0.136. The number of carboxylic acid groups (broad SMARTS) is 1. The predicted molar refractivity (Wildman–Crippen MR) is 27.5 cm³/mol. The molecule has 4 heteroatoms. The fourth-order valence-electron chi connectivity index (χ4n) is 0.0582. The quantitative estimate of drug-likeness (QED) is 0.533. The lowest BCUT2D eigenvalue weighted by Crippen LogP contribution is -2.07. The Labute approximate surface area is 42.5 Å². The zero-order valence-electron chi connectivity index (χ0n) is 3.92. The molecule has 0 heterocycles. The van der Waals surface area contributed by atoms with Crippen molar-refractivity contribution in [3.8, 4) is 0 Å². The van der Waals surface area contributed by atoms with Gasteiger partial charge in [0.1, 0.15) is 5.66 Å². The summed E-state index contributed by atoms with van der Waals surface area (Å²) in [6.45, 7) is 1.42. The second-order valence-corrected chi connectivity index (χ2v) is 2.54. The Hall–Kier alpha value is -0.300. The van der Waals surface area contributed by atoms with Crippen molar-refractivity contribution in [2.75, 3.05) is 0 Å². The van der Waals surface area contributed by atoms with Crippen LogP contribution in [-0.4, -0.2) is 16.7 Å². The topological polar surface area (TPSA) is 54.4 Å². The minimum absolute atomic E-state index is 0.653. The van der Waals surface area contributed by atoms with E-state index in [0.29, 0.717) is 0 Å². The molecule has 0 aromatic carbocycles. The monoisotopic (exact) mass is 122 g/mol. The Morgan fingerprint density at radius 1 is 1.86 bits per heavy atom. The van der Waals surface area contributed by atoms with Crippen LogP contribution in [0.3, 0.4) is 0 Å². The molecule has 0 amide bonds. The van der Waals surface area contributed by atoms with Crippen molar-refractivity contribution >= 4 is 14.4 Å². The van der Waals surface area contributed by atoms with Crippen LogP contribution in [0.5, 0.6) is 0 Å². The molecule has 1 N–H and O–H groups in total. The number of aliphatic carboxylic acids is 1. The van der Waals surface area contributed by atoms with Crippen LogP contribution in [0.25, 0.3) is 0 Å². The second kappa shape index (κ2) is 2.80. The molecule has 0 aromatic heterocycles. The summed E-state index contributed by atoms with van der Waals surface area (Å²) in [5.41, 5.74) is -0.653. The highest BCUT2D eigenvalue weighted by Crippen LogP contribution is 2.02. The zero-order valence-corrected chi connectivity index (χ0v) is 5.07. The van der Waals surface area contributed by atoms with E-state index in [1.807, 2.05) is 0 Å². The van der Waals surface area contributed by atoms with Gasteiger partial charge in [0, 0.05) is 0 Å². The molecule has 2 atom stereocenters. The molecule has 0 fully saturated rings. The number of carbonyl (C=O) groups is 1. The van der Waals surface area contributed by atoms with E-state index in [9.17, 15) is 9.36 Å². The Morgan fingerprint density at radius 3 is 2.29 bits per heavy atom. The van der Waals surface area contributed by atoms with Gasteiger partial charge in [-0.05, 0) is 6.92 Å². The molecule has 0 radical (unpaired) electrons. The van der Waals surface area contributed by atoms with Gasteiger partial charge < -0.3 is 9.67 Å². The van der Waals surface area contributed by atoms with E-state index in [1.54, 1.807) is 0 Å². The van der Waals surface area contributed by atoms with Crippen molar-refractivity contribution in [3.63, 3.8) is 0 Å². The van der Waals surface area contributed by atoms with Crippen LogP contribution in [0.2, 0.25) is 0 Å². The van der Waals surface area contributed by atoms with E-state index in [0.717, 1.165) is 0 Å². The Morgan fingerprint density at radius 2 is 2.29 bits per heavy atom. The van der Waals surface area contributed by atoms with Gasteiger partial charge in [-0.1, -0.05) is 0 Å². The largest absolute Gasteiger partial charge is 0.481 e. The summed E-state index contributed by atoms with van der Waals surface area (Å²) in [6, 6.07) is 0. The molecule has 0 saturated heterocycles. The molecule has 0 bridgehead atoms. The minimum Gasteiger partial charge on any atom is -0.481 e. The number of hydrogen-bond donors (Lipinski definition) is 1. The van der Waals surface area contributed by atoms with Crippen molar-refractivity contribution in [2.45, 2.75) is 12.6 Å². The first-order valence-electron chi connectivity index (χ1n) is 1.86. The fourth-order valence-corrected chi connectivity index (χ4v) is 0.175. The van der Waals surface area contributed by atoms with Crippen molar-refractivity contribution in [2.24, 2.45) is 0 Å².